The van der Waals surface area contributed by atoms with Crippen molar-refractivity contribution in [3.8, 4) is 6.07 Å². The standard InChI is InChI=1S/C20H17N5O/c1-13-7-3-5-9-16(13)24-19-11-18(22-14(2)23-19)20(26)25-17-10-6-4-8-15(17)12-21/h3-11H,1-2H3,(H,25,26)(H,22,23,24). The Morgan fingerprint density at radius 1 is 1.00 bits per heavy atom. The van der Waals surface area contributed by atoms with E-state index in [4.69, 9.17) is 5.26 Å². The fraction of sp³-hybridized carbons (Fsp3) is 0.100. The van der Waals surface area contributed by atoms with Gasteiger partial charge in [-0.2, -0.15) is 5.26 Å². The van der Waals surface area contributed by atoms with E-state index in [1.807, 2.05) is 31.2 Å². The molecule has 128 valence electrons. The first-order valence-electron chi connectivity index (χ1n) is 8.05. The van der Waals surface area contributed by atoms with Gasteiger partial charge in [0.15, 0.2) is 0 Å². The topological polar surface area (TPSA) is 90.7 Å². The Balaban J connectivity index is 1.86. The molecule has 0 spiro atoms. The zero-order valence-electron chi connectivity index (χ0n) is 14.4. The number of nitriles is 1. The van der Waals surface area contributed by atoms with E-state index in [1.165, 1.54) is 0 Å². The lowest BCUT2D eigenvalue weighted by atomic mass is 10.2. The Morgan fingerprint density at radius 3 is 2.42 bits per heavy atom. The summed E-state index contributed by atoms with van der Waals surface area (Å²) in [6, 6.07) is 18.3. The number of hydrogen-bond acceptors (Lipinski definition) is 5. The summed E-state index contributed by atoms with van der Waals surface area (Å²) < 4.78 is 0. The Bertz CT molecular complexity index is 1010. The van der Waals surface area contributed by atoms with Gasteiger partial charge in [-0.25, -0.2) is 9.97 Å². The monoisotopic (exact) mass is 343 g/mol. The summed E-state index contributed by atoms with van der Waals surface area (Å²) in [5, 5.41) is 15.1. The molecule has 0 radical (unpaired) electrons. The molecule has 1 aromatic heterocycles. The number of hydrogen-bond donors (Lipinski definition) is 2. The molecule has 6 heteroatoms. The van der Waals surface area contributed by atoms with Crippen LogP contribution in [0.5, 0.6) is 0 Å². The molecule has 0 bridgehead atoms. The van der Waals surface area contributed by atoms with Gasteiger partial charge in [0.2, 0.25) is 0 Å². The maximum absolute atomic E-state index is 12.6. The van der Waals surface area contributed by atoms with E-state index < -0.39 is 5.91 Å². The summed E-state index contributed by atoms with van der Waals surface area (Å²) in [4.78, 5) is 21.1. The summed E-state index contributed by atoms with van der Waals surface area (Å²) in [5.74, 6) is 0.610. The van der Waals surface area contributed by atoms with Crippen molar-refractivity contribution in [1.82, 2.24) is 9.97 Å². The van der Waals surface area contributed by atoms with Crippen molar-refractivity contribution in [1.29, 1.82) is 5.26 Å². The molecular weight excluding hydrogens is 326 g/mol. The van der Waals surface area contributed by atoms with Crippen molar-refractivity contribution < 1.29 is 4.79 Å². The number of carbonyl (C=O) groups excluding carboxylic acids is 1. The average Bonchev–Trinajstić information content (AvgIpc) is 2.63. The van der Waals surface area contributed by atoms with E-state index in [0.29, 0.717) is 22.9 Å². The van der Waals surface area contributed by atoms with Gasteiger partial charge in [0.1, 0.15) is 23.4 Å². The molecule has 6 nitrogen and oxygen atoms in total. The third-order valence-corrected chi connectivity index (χ3v) is 3.77. The van der Waals surface area contributed by atoms with E-state index in [0.717, 1.165) is 11.3 Å². The fourth-order valence-electron chi connectivity index (χ4n) is 2.48. The molecule has 0 unspecified atom stereocenters. The Kier molecular flexibility index (Phi) is 4.90. The predicted molar refractivity (Wildman–Crippen MR) is 100 cm³/mol. The van der Waals surface area contributed by atoms with Gasteiger partial charge >= 0.3 is 0 Å². The molecule has 0 fully saturated rings. The van der Waals surface area contributed by atoms with Crippen LogP contribution in [0.1, 0.15) is 27.4 Å². The van der Waals surface area contributed by atoms with Crippen molar-refractivity contribution in [2.24, 2.45) is 0 Å². The summed E-state index contributed by atoms with van der Waals surface area (Å²) in [5.41, 5.74) is 3.04. The van der Waals surface area contributed by atoms with Crippen molar-refractivity contribution >= 4 is 23.1 Å². The second-order valence-electron chi connectivity index (χ2n) is 5.74. The molecule has 0 aliphatic rings. The highest BCUT2D eigenvalue weighted by Gasteiger charge is 2.13. The number of nitrogens with one attached hydrogen (secondary N) is 2. The van der Waals surface area contributed by atoms with Crippen molar-refractivity contribution in [3.05, 3.63) is 77.2 Å². The van der Waals surface area contributed by atoms with Crippen LogP contribution in [0.25, 0.3) is 0 Å². The summed E-state index contributed by atoms with van der Waals surface area (Å²) in [7, 11) is 0. The number of aryl methyl sites for hydroxylation is 2. The van der Waals surface area contributed by atoms with Gasteiger partial charge in [-0.1, -0.05) is 30.3 Å². The van der Waals surface area contributed by atoms with Gasteiger partial charge in [0.25, 0.3) is 5.91 Å². The van der Waals surface area contributed by atoms with E-state index in [9.17, 15) is 4.79 Å². The molecule has 3 aromatic rings. The molecule has 2 N–H and O–H groups in total. The second-order valence-corrected chi connectivity index (χ2v) is 5.74. The third kappa shape index (κ3) is 3.84. The van der Waals surface area contributed by atoms with Crippen molar-refractivity contribution in [2.75, 3.05) is 10.6 Å². The van der Waals surface area contributed by atoms with Crippen LogP contribution in [0.15, 0.2) is 54.6 Å². The molecule has 0 saturated heterocycles. The van der Waals surface area contributed by atoms with Crippen LogP contribution in [0.2, 0.25) is 0 Å². The highest BCUT2D eigenvalue weighted by Crippen LogP contribution is 2.20. The minimum absolute atomic E-state index is 0.223. The maximum atomic E-state index is 12.6. The number of para-hydroxylation sites is 2. The van der Waals surface area contributed by atoms with E-state index in [1.54, 1.807) is 37.3 Å². The first-order valence-corrected chi connectivity index (χ1v) is 8.05. The number of anilines is 3. The second kappa shape index (κ2) is 7.45. The van der Waals surface area contributed by atoms with Crippen LogP contribution in [0.3, 0.4) is 0 Å². The third-order valence-electron chi connectivity index (χ3n) is 3.77. The zero-order chi connectivity index (χ0) is 18.5. The van der Waals surface area contributed by atoms with E-state index >= 15 is 0 Å². The molecule has 0 aliphatic carbocycles. The van der Waals surface area contributed by atoms with Gasteiger partial charge in [0.05, 0.1) is 11.3 Å². The first kappa shape index (κ1) is 17.1. The highest BCUT2D eigenvalue weighted by molar-refractivity contribution is 6.04. The van der Waals surface area contributed by atoms with Crippen molar-refractivity contribution in [2.45, 2.75) is 13.8 Å². The molecule has 1 amide bonds. The lowest BCUT2D eigenvalue weighted by molar-refractivity contribution is 0.102. The minimum atomic E-state index is -0.397. The van der Waals surface area contributed by atoms with Crippen LogP contribution < -0.4 is 10.6 Å². The average molecular weight is 343 g/mol. The van der Waals surface area contributed by atoms with Gasteiger partial charge in [-0.3, -0.25) is 4.79 Å². The Morgan fingerprint density at radius 2 is 1.69 bits per heavy atom. The highest BCUT2D eigenvalue weighted by atomic mass is 16.1. The number of benzene rings is 2. The van der Waals surface area contributed by atoms with Gasteiger partial charge in [-0.15, -0.1) is 0 Å². The number of aromatic nitrogens is 2. The Hall–Kier alpha value is -3.72. The summed E-state index contributed by atoms with van der Waals surface area (Å²) in [6.45, 7) is 3.71. The molecular formula is C20H17N5O. The first-order chi connectivity index (χ1) is 12.6. The van der Waals surface area contributed by atoms with Crippen LogP contribution >= 0.6 is 0 Å². The fourth-order valence-corrected chi connectivity index (χ4v) is 2.48. The van der Waals surface area contributed by atoms with Crippen LogP contribution in [0, 0.1) is 25.2 Å². The smallest absolute Gasteiger partial charge is 0.274 e. The van der Waals surface area contributed by atoms with Crippen LogP contribution in [-0.2, 0) is 0 Å². The molecule has 2 aromatic carbocycles. The number of amides is 1. The lowest BCUT2D eigenvalue weighted by Crippen LogP contribution is -2.16. The zero-order valence-corrected chi connectivity index (χ0v) is 14.4. The Labute approximate surface area is 151 Å². The largest absolute Gasteiger partial charge is 0.340 e. The normalized spacial score (nSPS) is 10.0. The van der Waals surface area contributed by atoms with Gasteiger partial charge in [0, 0.05) is 11.8 Å². The van der Waals surface area contributed by atoms with Crippen LogP contribution in [0.4, 0.5) is 17.2 Å². The minimum Gasteiger partial charge on any atom is -0.340 e. The lowest BCUT2D eigenvalue weighted by Gasteiger charge is -2.11. The SMILES string of the molecule is Cc1nc(Nc2ccccc2C)cc(C(=O)Nc2ccccc2C#N)n1. The molecule has 0 atom stereocenters. The predicted octanol–water partition coefficient (Wildman–Crippen LogP) is 3.96. The number of nitrogens with zero attached hydrogens (tertiary/aromatic N) is 3. The molecule has 0 aliphatic heterocycles. The van der Waals surface area contributed by atoms with E-state index in [2.05, 4.69) is 26.7 Å². The van der Waals surface area contributed by atoms with E-state index in [-0.39, 0.29) is 5.69 Å². The molecule has 3 rings (SSSR count). The molecule has 26 heavy (non-hydrogen) atoms. The summed E-state index contributed by atoms with van der Waals surface area (Å²) in [6.07, 6.45) is 0. The van der Waals surface area contributed by atoms with Gasteiger partial charge in [-0.05, 0) is 37.6 Å². The molecule has 1 heterocycles. The number of rotatable bonds is 4. The summed E-state index contributed by atoms with van der Waals surface area (Å²) >= 11 is 0. The quantitative estimate of drug-likeness (QED) is 0.748. The number of carbonyl (C=O) groups is 1. The molecule has 0 saturated carbocycles. The van der Waals surface area contributed by atoms with Crippen molar-refractivity contribution in [3.63, 3.8) is 0 Å². The maximum Gasteiger partial charge on any atom is 0.274 e. The van der Waals surface area contributed by atoms with Gasteiger partial charge < -0.3 is 10.6 Å². The van der Waals surface area contributed by atoms with Crippen LogP contribution in [-0.4, -0.2) is 15.9 Å².